The standard InChI is InChI=1S/C48H32N2/c1-3-13-33(14-4-1)35-25-27-36(28-26-35)38-18-12-20-40(32-38)50-44-24-10-8-22-42(44)48-46(50)30-29-45-47(48)41-21-7-9-23-43(41)49(45)39-19-11-17-37(31-39)34-15-5-2-6-16-34/h1-32H. The summed E-state index contributed by atoms with van der Waals surface area (Å²) in [6, 6.07) is 70.3. The van der Waals surface area contributed by atoms with E-state index in [9.17, 15) is 0 Å². The smallest absolute Gasteiger partial charge is 0.0548 e. The van der Waals surface area contributed by atoms with Crippen LogP contribution in [0.2, 0.25) is 0 Å². The van der Waals surface area contributed by atoms with E-state index in [1.54, 1.807) is 0 Å². The number of hydrogen-bond donors (Lipinski definition) is 0. The minimum absolute atomic E-state index is 1.15. The molecule has 0 spiro atoms. The fourth-order valence-electron chi connectivity index (χ4n) is 7.84. The van der Waals surface area contributed by atoms with Crippen molar-refractivity contribution >= 4 is 43.6 Å². The maximum atomic E-state index is 2.44. The Hall–Kier alpha value is -6.64. The van der Waals surface area contributed by atoms with E-state index in [1.807, 2.05) is 0 Å². The molecule has 0 aliphatic carbocycles. The number of aromatic nitrogens is 2. The van der Waals surface area contributed by atoms with Gasteiger partial charge in [-0.15, -0.1) is 0 Å². The molecule has 0 atom stereocenters. The molecule has 0 radical (unpaired) electrons. The molecule has 0 aliphatic heterocycles. The number of nitrogens with zero attached hydrogens (tertiary/aromatic N) is 2. The van der Waals surface area contributed by atoms with E-state index in [0.29, 0.717) is 0 Å². The number of para-hydroxylation sites is 2. The zero-order valence-electron chi connectivity index (χ0n) is 27.4. The zero-order valence-corrected chi connectivity index (χ0v) is 27.4. The largest absolute Gasteiger partial charge is 0.309 e. The average Bonchev–Trinajstić information content (AvgIpc) is 3.72. The Balaban J connectivity index is 1.18. The van der Waals surface area contributed by atoms with Crippen molar-refractivity contribution in [3.8, 4) is 44.8 Å². The van der Waals surface area contributed by atoms with E-state index in [1.165, 1.54) is 77.0 Å². The Labute approximate surface area is 290 Å². The summed E-state index contributed by atoms with van der Waals surface area (Å²) in [5.41, 5.74) is 14.4. The van der Waals surface area contributed by atoms with Crippen LogP contribution in [0.25, 0.3) is 88.4 Å². The first-order valence-corrected chi connectivity index (χ1v) is 17.2. The van der Waals surface area contributed by atoms with E-state index in [-0.39, 0.29) is 0 Å². The summed E-state index contributed by atoms with van der Waals surface area (Å²) in [6.45, 7) is 0. The van der Waals surface area contributed by atoms with Crippen LogP contribution in [0.1, 0.15) is 0 Å². The Bertz CT molecular complexity index is 2840. The molecular weight excluding hydrogens is 605 g/mol. The van der Waals surface area contributed by atoms with Crippen molar-refractivity contribution in [3.05, 3.63) is 194 Å². The van der Waals surface area contributed by atoms with E-state index in [0.717, 1.165) is 11.4 Å². The summed E-state index contributed by atoms with van der Waals surface area (Å²) >= 11 is 0. The first-order chi connectivity index (χ1) is 24.8. The molecule has 0 saturated carbocycles. The second-order valence-corrected chi connectivity index (χ2v) is 13.0. The van der Waals surface area contributed by atoms with Crippen molar-refractivity contribution in [1.29, 1.82) is 0 Å². The highest BCUT2D eigenvalue weighted by atomic mass is 15.0. The summed E-state index contributed by atoms with van der Waals surface area (Å²) in [5.74, 6) is 0. The Kier molecular flexibility index (Phi) is 6.53. The minimum Gasteiger partial charge on any atom is -0.309 e. The predicted molar refractivity (Wildman–Crippen MR) is 211 cm³/mol. The fourth-order valence-corrected chi connectivity index (χ4v) is 7.84. The second-order valence-electron chi connectivity index (χ2n) is 13.0. The van der Waals surface area contributed by atoms with Gasteiger partial charge in [-0.05, 0) is 81.9 Å². The maximum absolute atomic E-state index is 2.44. The highest BCUT2D eigenvalue weighted by molar-refractivity contribution is 6.28. The molecule has 50 heavy (non-hydrogen) atoms. The number of fused-ring (bicyclic) bond motifs is 7. The van der Waals surface area contributed by atoms with Gasteiger partial charge in [-0.3, -0.25) is 0 Å². The fraction of sp³-hybridized carbons (Fsp3) is 0. The van der Waals surface area contributed by atoms with Gasteiger partial charge >= 0.3 is 0 Å². The molecule has 234 valence electrons. The number of hydrogen-bond acceptors (Lipinski definition) is 0. The van der Waals surface area contributed by atoms with E-state index >= 15 is 0 Å². The van der Waals surface area contributed by atoms with Gasteiger partial charge in [-0.2, -0.15) is 0 Å². The van der Waals surface area contributed by atoms with Gasteiger partial charge in [0.1, 0.15) is 0 Å². The summed E-state index contributed by atoms with van der Waals surface area (Å²) in [4.78, 5) is 0. The van der Waals surface area contributed by atoms with Crippen molar-refractivity contribution in [2.75, 3.05) is 0 Å². The van der Waals surface area contributed by atoms with Crippen LogP contribution in [0.15, 0.2) is 194 Å². The Morgan fingerprint density at radius 2 is 0.600 bits per heavy atom. The second kappa shape index (κ2) is 11.5. The highest BCUT2D eigenvalue weighted by Gasteiger charge is 2.20. The van der Waals surface area contributed by atoms with Crippen LogP contribution in [0.4, 0.5) is 0 Å². The van der Waals surface area contributed by atoms with Gasteiger partial charge in [0.15, 0.2) is 0 Å². The lowest BCUT2D eigenvalue weighted by Crippen LogP contribution is -1.95. The average molecular weight is 637 g/mol. The monoisotopic (exact) mass is 636 g/mol. The molecule has 10 rings (SSSR count). The lowest BCUT2D eigenvalue weighted by Gasteiger charge is -2.12. The first kappa shape index (κ1) is 28.4. The molecule has 0 amide bonds. The predicted octanol–water partition coefficient (Wildman–Crippen LogP) is 12.9. The van der Waals surface area contributed by atoms with Gasteiger partial charge in [0.2, 0.25) is 0 Å². The molecule has 0 fully saturated rings. The van der Waals surface area contributed by atoms with Crippen LogP contribution >= 0.6 is 0 Å². The van der Waals surface area contributed by atoms with Crippen LogP contribution in [0.3, 0.4) is 0 Å². The van der Waals surface area contributed by atoms with Gasteiger partial charge < -0.3 is 9.13 Å². The van der Waals surface area contributed by atoms with Crippen molar-refractivity contribution in [3.63, 3.8) is 0 Å². The van der Waals surface area contributed by atoms with E-state index in [2.05, 4.69) is 203 Å². The number of rotatable bonds is 5. The quantitative estimate of drug-likeness (QED) is 0.178. The zero-order chi connectivity index (χ0) is 33.0. The van der Waals surface area contributed by atoms with Crippen molar-refractivity contribution < 1.29 is 0 Å². The molecule has 0 bridgehead atoms. The minimum atomic E-state index is 1.15. The third kappa shape index (κ3) is 4.50. The van der Waals surface area contributed by atoms with Crippen molar-refractivity contribution in [2.45, 2.75) is 0 Å². The van der Waals surface area contributed by atoms with Crippen LogP contribution in [0, 0.1) is 0 Å². The lowest BCUT2D eigenvalue weighted by molar-refractivity contribution is 1.17. The first-order valence-electron chi connectivity index (χ1n) is 17.2. The van der Waals surface area contributed by atoms with Gasteiger partial charge in [0.25, 0.3) is 0 Å². The molecule has 8 aromatic carbocycles. The van der Waals surface area contributed by atoms with Crippen LogP contribution in [0.5, 0.6) is 0 Å². The Morgan fingerprint density at radius 1 is 0.240 bits per heavy atom. The van der Waals surface area contributed by atoms with Crippen LogP contribution in [-0.2, 0) is 0 Å². The molecule has 0 N–H and O–H groups in total. The van der Waals surface area contributed by atoms with Crippen LogP contribution in [-0.4, -0.2) is 9.13 Å². The molecule has 0 saturated heterocycles. The summed E-state index contributed by atoms with van der Waals surface area (Å²) < 4.78 is 4.87. The molecular formula is C48H32N2. The third-order valence-corrected chi connectivity index (χ3v) is 10.1. The highest BCUT2D eigenvalue weighted by Crippen LogP contribution is 2.43. The topological polar surface area (TPSA) is 9.86 Å². The van der Waals surface area contributed by atoms with Gasteiger partial charge in [0.05, 0.1) is 22.1 Å². The summed E-state index contributed by atoms with van der Waals surface area (Å²) in [5, 5.41) is 5.08. The molecule has 10 aromatic rings. The Morgan fingerprint density at radius 3 is 1.08 bits per heavy atom. The van der Waals surface area contributed by atoms with Gasteiger partial charge in [-0.25, -0.2) is 0 Å². The lowest BCUT2D eigenvalue weighted by atomic mass is 10.00. The molecule has 2 nitrogen and oxygen atoms in total. The van der Waals surface area contributed by atoms with Gasteiger partial charge in [0, 0.05) is 32.9 Å². The van der Waals surface area contributed by atoms with Crippen molar-refractivity contribution in [1.82, 2.24) is 9.13 Å². The normalized spacial score (nSPS) is 11.6. The maximum Gasteiger partial charge on any atom is 0.0548 e. The summed E-state index contributed by atoms with van der Waals surface area (Å²) in [7, 11) is 0. The van der Waals surface area contributed by atoms with Gasteiger partial charge in [-0.1, -0.05) is 146 Å². The van der Waals surface area contributed by atoms with E-state index in [4.69, 9.17) is 0 Å². The molecule has 0 unspecified atom stereocenters. The third-order valence-electron chi connectivity index (χ3n) is 10.1. The SMILES string of the molecule is c1ccc(-c2ccc(-c3cccc(-n4c5ccccc5c5c6c7ccccc7n(-c7cccc(-c8ccccc8)c7)c6ccc54)c3)cc2)cc1. The van der Waals surface area contributed by atoms with E-state index < -0.39 is 0 Å². The molecule has 0 aliphatic rings. The number of benzene rings is 8. The molecule has 2 heteroatoms. The molecule has 2 heterocycles. The van der Waals surface area contributed by atoms with Crippen LogP contribution < -0.4 is 0 Å². The van der Waals surface area contributed by atoms with Crippen molar-refractivity contribution in [2.24, 2.45) is 0 Å². The summed E-state index contributed by atoms with van der Waals surface area (Å²) in [6.07, 6.45) is 0. The molecule has 2 aromatic heterocycles.